The molecule has 3 atom stereocenters. The van der Waals surface area contributed by atoms with Gasteiger partial charge in [0.05, 0.1) is 4.90 Å². The largest absolute Gasteiger partial charge is 0.326 e. The van der Waals surface area contributed by atoms with E-state index in [1.807, 2.05) is 0 Å². The molecule has 24 heavy (non-hydrogen) atoms. The minimum absolute atomic E-state index is 0.0310. The van der Waals surface area contributed by atoms with Crippen LogP contribution in [-0.4, -0.2) is 20.4 Å². The van der Waals surface area contributed by atoms with Crippen molar-refractivity contribution in [2.24, 2.45) is 17.8 Å². The summed E-state index contributed by atoms with van der Waals surface area (Å²) in [6, 6.07) is 6.19. The highest BCUT2D eigenvalue weighted by Gasteiger charge is 2.40. The van der Waals surface area contributed by atoms with Gasteiger partial charge in [-0.05, 0) is 75.1 Å². The topological polar surface area (TPSA) is 75.3 Å². The van der Waals surface area contributed by atoms with Crippen molar-refractivity contribution in [1.29, 1.82) is 0 Å². The second kappa shape index (κ2) is 6.84. The predicted octanol–water partition coefficient (Wildman–Crippen LogP) is 3.14. The van der Waals surface area contributed by atoms with Crippen molar-refractivity contribution < 1.29 is 13.2 Å². The van der Waals surface area contributed by atoms with E-state index in [0.717, 1.165) is 11.8 Å². The van der Waals surface area contributed by atoms with Gasteiger partial charge in [0, 0.05) is 18.2 Å². The number of fused-ring (bicyclic) bond motifs is 2. The van der Waals surface area contributed by atoms with E-state index in [9.17, 15) is 13.2 Å². The molecule has 2 aliphatic carbocycles. The van der Waals surface area contributed by atoms with Gasteiger partial charge >= 0.3 is 0 Å². The molecule has 0 saturated heterocycles. The minimum Gasteiger partial charge on any atom is -0.326 e. The average molecular weight is 350 g/mol. The van der Waals surface area contributed by atoms with Crippen molar-refractivity contribution in [2.45, 2.75) is 56.9 Å². The molecule has 1 aromatic rings. The Balaban J connectivity index is 1.57. The normalized spacial score (nSPS) is 26.0. The first-order valence-electron chi connectivity index (χ1n) is 8.76. The molecule has 2 aliphatic rings. The molecule has 1 amide bonds. The summed E-state index contributed by atoms with van der Waals surface area (Å²) < 4.78 is 26.7. The molecule has 0 spiro atoms. The molecule has 2 fully saturated rings. The quantitative estimate of drug-likeness (QED) is 0.827. The maximum absolute atomic E-state index is 12.2. The number of nitrogens with one attached hydrogen (secondary N) is 2. The van der Waals surface area contributed by atoms with Crippen molar-refractivity contribution in [1.82, 2.24) is 4.72 Å². The van der Waals surface area contributed by atoms with Crippen LogP contribution >= 0.6 is 0 Å². The Morgan fingerprint density at radius 2 is 1.88 bits per heavy atom. The lowest BCUT2D eigenvalue weighted by Gasteiger charge is -2.20. The lowest BCUT2D eigenvalue weighted by atomic mass is 9.86. The zero-order valence-corrected chi connectivity index (χ0v) is 15.1. The molecule has 6 heteroatoms. The van der Waals surface area contributed by atoms with Crippen LogP contribution in [-0.2, 0) is 14.8 Å². The number of rotatable bonds is 6. The Morgan fingerprint density at radius 3 is 2.42 bits per heavy atom. The summed E-state index contributed by atoms with van der Waals surface area (Å²) in [5.74, 6) is 2.13. The Morgan fingerprint density at radius 1 is 1.17 bits per heavy atom. The number of hydrogen-bond donors (Lipinski definition) is 2. The number of carbonyl (C=O) groups is 1. The summed E-state index contributed by atoms with van der Waals surface area (Å²) in [6.07, 6.45) is 5.68. The van der Waals surface area contributed by atoms with E-state index in [-0.39, 0.29) is 16.8 Å². The summed E-state index contributed by atoms with van der Waals surface area (Å²) in [6.45, 7) is 3.56. The molecule has 5 nitrogen and oxygen atoms in total. The van der Waals surface area contributed by atoms with Crippen LogP contribution in [0.15, 0.2) is 29.2 Å². The zero-order valence-electron chi connectivity index (χ0n) is 14.3. The predicted molar refractivity (Wildman–Crippen MR) is 94.1 cm³/mol. The Labute approximate surface area is 144 Å². The fraction of sp³-hybridized carbons (Fsp3) is 0.611. The summed E-state index contributed by atoms with van der Waals surface area (Å²) in [5.41, 5.74) is 0.645. The van der Waals surface area contributed by atoms with Crippen molar-refractivity contribution in [3.8, 4) is 0 Å². The number of benzene rings is 1. The SMILES string of the molecule is CC(C)NS(=O)(=O)c1ccc(NC(=O)C[C@@H]2C[C@H]3CC[C@@H]2C3)cc1. The van der Waals surface area contributed by atoms with Crippen molar-refractivity contribution in [3.05, 3.63) is 24.3 Å². The minimum atomic E-state index is -3.49. The van der Waals surface area contributed by atoms with Crippen molar-refractivity contribution in [3.63, 3.8) is 0 Å². The van der Waals surface area contributed by atoms with Gasteiger partial charge in [0.25, 0.3) is 0 Å². The van der Waals surface area contributed by atoms with Crippen LogP contribution in [0.3, 0.4) is 0 Å². The smallest absolute Gasteiger partial charge is 0.240 e. The van der Waals surface area contributed by atoms with Crippen LogP contribution in [0.5, 0.6) is 0 Å². The molecule has 1 aromatic carbocycles. The van der Waals surface area contributed by atoms with Gasteiger partial charge in [-0.1, -0.05) is 6.42 Å². The molecule has 0 heterocycles. The van der Waals surface area contributed by atoms with Gasteiger partial charge < -0.3 is 5.32 Å². The van der Waals surface area contributed by atoms with Gasteiger partial charge in [-0.2, -0.15) is 0 Å². The van der Waals surface area contributed by atoms with E-state index in [2.05, 4.69) is 10.0 Å². The summed E-state index contributed by atoms with van der Waals surface area (Å²) in [4.78, 5) is 12.4. The van der Waals surface area contributed by atoms with Gasteiger partial charge in [-0.15, -0.1) is 0 Å². The number of sulfonamides is 1. The Kier molecular flexibility index (Phi) is 4.97. The van der Waals surface area contributed by atoms with Gasteiger partial charge in [-0.3, -0.25) is 4.79 Å². The van der Waals surface area contributed by atoms with Crippen LogP contribution < -0.4 is 10.0 Å². The van der Waals surface area contributed by atoms with E-state index in [4.69, 9.17) is 0 Å². The average Bonchev–Trinajstić information content (AvgIpc) is 3.09. The third-order valence-corrected chi connectivity index (χ3v) is 6.85. The lowest BCUT2D eigenvalue weighted by Crippen LogP contribution is -2.30. The Bertz CT molecular complexity index is 697. The van der Waals surface area contributed by atoms with Crippen LogP contribution in [0, 0.1) is 17.8 Å². The first-order valence-corrected chi connectivity index (χ1v) is 10.2. The molecule has 3 rings (SSSR count). The van der Waals surface area contributed by atoms with Crippen LogP contribution in [0.1, 0.15) is 46.0 Å². The Hall–Kier alpha value is -1.40. The maximum Gasteiger partial charge on any atom is 0.240 e. The molecule has 2 N–H and O–H groups in total. The highest BCUT2D eigenvalue weighted by atomic mass is 32.2. The van der Waals surface area contributed by atoms with Gasteiger partial charge in [0.2, 0.25) is 15.9 Å². The summed E-state index contributed by atoms with van der Waals surface area (Å²) in [7, 11) is -3.49. The first-order chi connectivity index (χ1) is 11.3. The highest BCUT2D eigenvalue weighted by molar-refractivity contribution is 7.89. The number of amides is 1. The second-order valence-corrected chi connectivity index (χ2v) is 9.20. The number of hydrogen-bond acceptors (Lipinski definition) is 3. The van der Waals surface area contributed by atoms with Crippen LogP contribution in [0.4, 0.5) is 5.69 Å². The van der Waals surface area contributed by atoms with Crippen LogP contribution in [0.25, 0.3) is 0 Å². The van der Waals surface area contributed by atoms with Crippen molar-refractivity contribution in [2.75, 3.05) is 5.32 Å². The molecule has 0 radical (unpaired) electrons. The molecular formula is C18H26N2O3S. The monoisotopic (exact) mass is 350 g/mol. The lowest BCUT2D eigenvalue weighted by molar-refractivity contribution is -0.117. The van der Waals surface area contributed by atoms with E-state index in [1.165, 1.54) is 37.8 Å². The number of carbonyl (C=O) groups excluding carboxylic acids is 1. The molecule has 2 bridgehead atoms. The highest BCUT2D eigenvalue weighted by Crippen LogP contribution is 2.49. The van der Waals surface area contributed by atoms with Crippen molar-refractivity contribution >= 4 is 21.6 Å². The molecule has 2 saturated carbocycles. The van der Waals surface area contributed by atoms with Gasteiger partial charge in [-0.25, -0.2) is 13.1 Å². The van der Waals surface area contributed by atoms with E-state index in [0.29, 0.717) is 18.0 Å². The maximum atomic E-state index is 12.2. The van der Waals surface area contributed by atoms with E-state index in [1.54, 1.807) is 26.0 Å². The van der Waals surface area contributed by atoms with E-state index >= 15 is 0 Å². The fourth-order valence-corrected chi connectivity index (χ4v) is 5.42. The van der Waals surface area contributed by atoms with E-state index < -0.39 is 10.0 Å². The standard InChI is InChI=1S/C18H26N2O3S/c1-12(2)20-24(22,23)17-7-5-16(6-8-17)19-18(21)11-15-10-13-3-4-14(15)9-13/h5-8,12-15,20H,3-4,9-11H2,1-2H3,(H,19,21)/t13-,14+,15-/m0/s1. The molecule has 132 valence electrons. The van der Waals surface area contributed by atoms with Crippen LogP contribution in [0.2, 0.25) is 0 Å². The summed E-state index contributed by atoms with van der Waals surface area (Å²) >= 11 is 0. The molecular weight excluding hydrogens is 324 g/mol. The summed E-state index contributed by atoms with van der Waals surface area (Å²) in [5, 5.41) is 2.89. The second-order valence-electron chi connectivity index (χ2n) is 7.49. The van der Waals surface area contributed by atoms with Gasteiger partial charge in [0.15, 0.2) is 0 Å². The van der Waals surface area contributed by atoms with Gasteiger partial charge in [0.1, 0.15) is 0 Å². The zero-order chi connectivity index (χ0) is 17.3. The number of anilines is 1. The first kappa shape index (κ1) is 17.4. The third kappa shape index (κ3) is 3.98. The molecule has 0 aromatic heterocycles. The third-order valence-electron chi connectivity index (χ3n) is 5.17. The fourth-order valence-electron chi connectivity index (χ4n) is 4.17. The molecule has 0 unspecified atom stereocenters. The molecule has 0 aliphatic heterocycles.